The van der Waals surface area contributed by atoms with E-state index in [4.69, 9.17) is 0 Å². The van der Waals surface area contributed by atoms with Crippen LogP contribution in [-0.2, 0) is 14.8 Å². The number of hydrogen-bond donors (Lipinski definition) is 1. The first kappa shape index (κ1) is 21.5. The number of hydrogen-bond acceptors (Lipinski definition) is 4. The zero-order valence-corrected chi connectivity index (χ0v) is 18.1. The average Bonchev–Trinajstić information content (AvgIpc) is 2.88. The van der Waals surface area contributed by atoms with Crippen molar-refractivity contribution in [3.8, 4) is 0 Å². The maximum Gasteiger partial charge on any atom is 0.246 e. The van der Waals surface area contributed by atoms with E-state index in [0.717, 1.165) is 22.4 Å². The first-order chi connectivity index (χ1) is 13.7. The number of anilines is 1. The molecule has 0 unspecified atom stereocenters. The van der Waals surface area contributed by atoms with Crippen molar-refractivity contribution in [1.29, 1.82) is 0 Å². The van der Waals surface area contributed by atoms with Crippen LogP contribution in [0.5, 0.6) is 0 Å². The third-order valence-electron chi connectivity index (χ3n) is 5.18. The van der Waals surface area contributed by atoms with Gasteiger partial charge in [0.05, 0.1) is 6.26 Å². The standard InChI is InChI=1S/C22H29N3O3S/c1-17-14-18(2)16-20(15-17)23-22(26)21(19-8-5-4-6-9-19)24-10-7-11-25(13-12-24)29(3,27)28/h4-6,8-9,14-16,21H,7,10-13H2,1-3H3,(H,23,26)/t21-/m1/s1. The highest BCUT2D eigenvalue weighted by Crippen LogP contribution is 2.25. The van der Waals surface area contributed by atoms with E-state index < -0.39 is 16.1 Å². The SMILES string of the molecule is Cc1cc(C)cc(NC(=O)[C@@H](c2ccccc2)N2CCCN(S(C)(=O)=O)CC2)c1. The van der Waals surface area contributed by atoms with Crippen molar-refractivity contribution in [2.24, 2.45) is 0 Å². The molecule has 0 radical (unpaired) electrons. The Morgan fingerprint density at radius 2 is 1.62 bits per heavy atom. The van der Waals surface area contributed by atoms with Gasteiger partial charge in [-0.05, 0) is 49.1 Å². The predicted octanol–water partition coefficient (Wildman–Crippen LogP) is 2.95. The number of benzene rings is 2. The number of nitrogens with zero attached hydrogens (tertiary/aromatic N) is 2. The van der Waals surface area contributed by atoms with Gasteiger partial charge < -0.3 is 5.32 Å². The number of nitrogens with one attached hydrogen (secondary N) is 1. The van der Waals surface area contributed by atoms with Gasteiger partial charge in [-0.3, -0.25) is 9.69 Å². The number of amides is 1. The van der Waals surface area contributed by atoms with Gasteiger partial charge in [-0.1, -0.05) is 36.4 Å². The van der Waals surface area contributed by atoms with Crippen molar-refractivity contribution in [3.63, 3.8) is 0 Å². The molecule has 0 bridgehead atoms. The molecule has 7 heteroatoms. The molecule has 156 valence electrons. The molecule has 2 aromatic carbocycles. The zero-order valence-electron chi connectivity index (χ0n) is 17.3. The molecule has 0 spiro atoms. The summed E-state index contributed by atoms with van der Waals surface area (Å²) < 4.78 is 25.4. The summed E-state index contributed by atoms with van der Waals surface area (Å²) in [6.45, 7) is 6.05. The van der Waals surface area contributed by atoms with Gasteiger partial charge in [0.25, 0.3) is 0 Å². The first-order valence-corrected chi connectivity index (χ1v) is 11.7. The number of rotatable bonds is 5. The fourth-order valence-corrected chi connectivity index (χ4v) is 4.80. The van der Waals surface area contributed by atoms with Crippen LogP contribution in [0.4, 0.5) is 5.69 Å². The first-order valence-electron chi connectivity index (χ1n) is 9.87. The van der Waals surface area contributed by atoms with Crippen molar-refractivity contribution in [2.75, 3.05) is 37.8 Å². The normalized spacial score (nSPS) is 17.5. The van der Waals surface area contributed by atoms with Gasteiger partial charge in [-0.25, -0.2) is 12.7 Å². The third kappa shape index (κ3) is 5.65. The molecule has 1 heterocycles. The van der Waals surface area contributed by atoms with Crippen molar-refractivity contribution in [1.82, 2.24) is 9.21 Å². The molecule has 0 aliphatic carbocycles. The Bertz CT molecular complexity index is 940. The lowest BCUT2D eigenvalue weighted by Crippen LogP contribution is -2.40. The second kappa shape index (κ2) is 9.07. The van der Waals surface area contributed by atoms with E-state index in [1.165, 1.54) is 10.6 Å². The molecule has 1 saturated heterocycles. The summed E-state index contributed by atoms with van der Waals surface area (Å²) in [7, 11) is -3.24. The second-order valence-corrected chi connectivity index (χ2v) is 9.71. The molecule has 1 N–H and O–H groups in total. The molecule has 1 fully saturated rings. The van der Waals surface area contributed by atoms with E-state index in [0.29, 0.717) is 32.6 Å². The molecule has 1 amide bonds. The molecule has 1 atom stereocenters. The van der Waals surface area contributed by atoms with E-state index in [2.05, 4.69) is 16.3 Å². The van der Waals surface area contributed by atoms with E-state index in [-0.39, 0.29) is 5.91 Å². The summed E-state index contributed by atoms with van der Waals surface area (Å²) in [6.07, 6.45) is 1.93. The molecular formula is C22H29N3O3S. The largest absolute Gasteiger partial charge is 0.324 e. The predicted molar refractivity (Wildman–Crippen MR) is 116 cm³/mol. The number of aryl methyl sites for hydroxylation is 2. The molecule has 6 nitrogen and oxygen atoms in total. The van der Waals surface area contributed by atoms with Crippen LogP contribution in [0.1, 0.15) is 29.2 Å². The van der Waals surface area contributed by atoms with Gasteiger partial charge in [-0.2, -0.15) is 0 Å². The van der Waals surface area contributed by atoms with Crippen LogP contribution in [-0.4, -0.2) is 56.0 Å². The van der Waals surface area contributed by atoms with Crippen molar-refractivity contribution in [3.05, 3.63) is 65.2 Å². The molecule has 29 heavy (non-hydrogen) atoms. The number of carbonyl (C=O) groups excluding carboxylic acids is 1. The highest BCUT2D eigenvalue weighted by molar-refractivity contribution is 7.88. The van der Waals surface area contributed by atoms with Crippen LogP contribution in [0, 0.1) is 13.8 Å². The van der Waals surface area contributed by atoms with Gasteiger partial charge in [0.1, 0.15) is 6.04 Å². The molecule has 2 aromatic rings. The Labute approximate surface area is 173 Å². The van der Waals surface area contributed by atoms with E-state index in [1.807, 2.05) is 56.3 Å². The molecular weight excluding hydrogens is 386 g/mol. The Morgan fingerprint density at radius 1 is 0.966 bits per heavy atom. The van der Waals surface area contributed by atoms with Gasteiger partial charge in [0.15, 0.2) is 0 Å². The molecule has 1 aliphatic rings. The van der Waals surface area contributed by atoms with Crippen molar-refractivity contribution in [2.45, 2.75) is 26.3 Å². The van der Waals surface area contributed by atoms with E-state index in [1.54, 1.807) is 0 Å². The smallest absolute Gasteiger partial charge is 0.246 e. The third-order valence-corrected chi connectivity index (χ3v) is 6.48. The van der Waals surface area contributed by atoms with Crippen LogP contribution in [0.15, 0.2) is 48.5 Å². The molecule has 0 saturated carbocycles. The van der Waals surface area contributed by atoms with Crippen molar-refractivity contribution < 1.29 is 13.2 Å². The minimum absolute atomic E-state index is 0.103. The summed E-state index contributed by atoms with van der Waals surface area (Å²) in [4.78, 5) is 15.4. The topological polar surface area (TPSA) is 69.7 Å². The van der Waals surface area contributed by atoms with Crippen LogP contribution in [0.2, 0.25) is 0 Å². The zero-order chi connectivity index (χ0) is 21.0. The summed E-state index contributed by atoms with van der Waals surface area (Å²) in [5.74, 6) is -0.103. The van der Waals surface area contributed by atoms with Crippen LogP contribution in [0.3, 0.4) is 0 Å². The maximum atomic E-state index is 13.3. The number of carbonyl (C=O) groups is 1. The van der Waals surface area contributed by atoms with E-state index >= 15 is 0 Å². The van der Waals surface area contributed by atoms with Crippen LogP contribution in [0.25, 0.3) is 0 Å². The molecule has 1 aliphatic heterocycles. The molecule has 3 rings (SSSR count). The minimum Gasteiger partial charge on any atom is -0.324 e. The van der Waals surface area contributed by atoms with Crippen LogP contribution >= 0.6 is 0 Å². The quantitative estimate of drug-likeness (QED) is 0.815. The maximum absolute atomic E-state index is 13.3. The highest BCUT2D eigenvalue weighted by Gasteiger charge is 2.31. The Balaban J connectivity index is 1.86. The summed E-state index contributed by atoms with van der Waals surface area (Å²) in [5, 5.41) is 3.07. The lowest BCUT2D eigenvalue weighted by atomic mass is 10.0. The fourth-order valence-electron chi connectivity index (χ4n) is 3.92. The lowest BCUT2D eigenvalue weighted by molar-refractivity contribution is -0.121. The van der Waals surface area contributed by atoms with Gasteiger partial charge in [-0.15, -0.1) is 0 Å². The number of sulfonamides is 1. The highest BCUT2D eigenvalue weighted by atomic mass is 32.2. The lowest BCUT2D eigenvalue weighted by Gasteiger charge is -2.30. The van der Waals surface area contributed by atoms with Crippen molar-refractivity contribution >= 4 is 21.6 Å². The minimum atomic E-state index is -3.24. The Hall–Kier alpha value is -2.22. The molecule has 0 aromatic heterocycles. The van der Waals surface area contributed by atoms with Crippen LogP contribution < -0.4 is 5.32 Å². The summed E-state index contributed by atoms with van der Waals surface area (Å²) in [6, 6.07) is 15.2. The fraction of sp³-hybridized carbons (Fsp3) is 0.409. The summed E-state index contributed by atoms with van der Waals surface area (Å²) >= 11 is 0. The summed E-state index contributed by atoms with van der Waals surface area (Å²) in [5.41, 5.74) is 3.87. The Morgan fingerprint density at radius 3 is 2.24 bits per heavy atom. The Kier molecular flexibility index (Phi) is 6.72. The monoisotopic (exact) mass is 415 g/mol. The van der Waals surface area contributed by atoms with E-state index in [9.17, 15) is 13.2 Å². The second-order valence-electron chi connectivity index (χ2n) is 7.73. The van der Waals surface area contributed by atoms with Gasteiger partial charge in [0, 0.05) is 31.9 Å². The van der Waals surface area contributed by atoms with Gasteiger partial charge >= 0.3 is 0 Å². The van der Waals surface area contributed by atoms with Gasteiger partial charge in [0.2, 0.25) is 15.9 Å². The average molecular weight is 416 g/mol.